The van der Waals surface area contributed by atoms with Crippen LogP contribution in [0.4, 0.5) is 0 Å². The van der Waals surface area contributed by atoms with E-state index in [2.05, 4.69) is 11.4 Å². The topological polar surface area (TPSA) is 70.0 Å². The molecule has 28 heavy (non-hydrogen) atoms. The maximum Gasteiger partial charge on any atom is 0.251 e. The fourth-order valence-corrected chi connectivity index (χ4v) is 2.99. The van der Waals surface area contributed by atoms with E-state index >= 15 is 0 Å². The van der Waals surface area contributed by atoms with Gasteiger partial charge in [0.05, 0.1) is 17.7 Å². The smallest absolute Gasteiger partial charge is 0.251 e. The van der Waals surface area contributed by atoms with Crippen molar-refractivity contribution in [1.82, 2.24) is 5.32 Å². The molecular weight excluding hydrogens is 348 g/mol. The Bertz CT molecular complexity index is 989. The number of rotatable bonds is 7. The molecule has 0 heterocycles. The van der Waals surface area contributed by atoms with Crippen molar-refractivity contribution in [2.45, 2.75) is 18.9 Å². The van der Waals surface area contributed by atoms with Crippen molar-refractivity contribution in [2.24, 2.45) is 0 Å². The van der Waals surface area contributed by atoms with Crippen LogP contribution in [0.15, 0.2) is 78.9 Å². The van der Waals surface area contributed by atoms with E-state index in [9.17, 15) is 9.59 Å². The molecule has 4 heteroatoms. The molecule has 1 N–H and O–H groups in total. The first-order valence-corrected chi connectivity index (χ1v) is 9.10. The molecule has 0 radical (unpaired) electrons. The van der Waals surface area contributed by atoms with Gasteiger partial charge in [0, 0.05) is 5.56 Å². The van der Waals surface area contributed by atoms with Crippen LogP contribution in [-0.2, 0) is 11.2 Å². The molecular formula is C24H20N2O2. The van der Waals surface area contributed by atoms with Crippen LogP contribution in [0, 0.1) is 11.3 Å². The summed E-state index contributed by atoms with van der Waals surface area (Å²) in [5.74, 6) is -0.275. The van der Waals surface area contributed by atoms with Crippen molar-refractivity contribution in [2.75, 3.05) is 0 Å². The monoisotopic (exact) mass is 368 g/mol. The first kappa shape index (κ1) is 19.1. The molecule has 0 bridgehead atoms. The highest BCUT2D eigenvalue weighted by molar-refractivity contribution is 5.96. The van der Waals surface area contributed by atoms with E-state index in [-0.39, 0.29) is 5.91 Å². The second-order valence-electron chi connectivity index (χ2n) is 6.51. The number of nitrogens with zero attached hydrogens (tertiary/aromatic N) is 1. The van der Waals surface area contributed by atoms with Crippen molar-refractivity contribution in [3.8, 4) is 17.2 Å². The molecule has 0 saturated heterocycles. The van der Waals surface area contributed by atoms with Gasteiger partial charge in [0.25, 0.3) is 5.91 Å². The number of carbonyl (C=O) groups excluding carboxylic acids is 2. The number of benzene rings is 3. The molecule has 4 nitrogen and oxygen atoms in total. The van der Waals surface area contributed by atoms with Crippen LogP contribution in [-0.4, -0.2) is 18.2 Å². The minimum Gasteiger partial charge on any atom is -0.343 e. The van der Waals surface area contributed by atoms with Crippen molar-refractivity contribution in [3.63, 3.8) is 0 Å². The van der Waals surface area contributed by atoms with Gasteiger partial charge in [-0.3, -0.25) is 4.79 Å². The maximum absolute atomic E-state index is 12.5. The van der Waals surface area contributed by atoms with E-state index in [1.807, 2.05) is 54.6 Å². The van der Waals surface area contributed by atoms with E-state index < -0.39 is 6.04 Å². The molecule has 0 spiro atoms. The lowest BCUT2D eigenvalue weighted by Crippen LogP contribution is -2.36. The standard InChI is InChI=1S/C24H20N2O2/c25-16-19-6-4-5-18(15-19)9-14-23(17-27)26-24(28)22-12-10-21(11-13-22)20-7-2-1-3-8-20/h1-8,10-13,15,17,23H,9,14H2,(H,26,28). The third-order valence-electron chi connectivity index (χ3n) is 4.54. The Morgan fingerprint density at radius 2 is 1.68 bits per heavy atom. The lowest BCUT2D eigenvalue weighted by atomic mass is 10.0. The first-order valence-electron chi connectivity index (χ1n) is 9.10. The summed E-state index contributed by atoms with van der Waals surface area (Å²) in [4.78, 5) is 23.8. The maximum atomic E-state index is 12.5. The van der Waals surface area contributed by atoms with Gasteiger partial charge in [-0.15, -0.1) is 0 Å². The highest BCUT2D eigenvalue weighted by Gasteiger charge is 2.13. The Morgan fingerprint density at radius 3 is 2.36 bits per heavy atom. The van der Waals surface area contributed by atoms with Crippen molar-refractivity contribution in [1.29, 1.82) is 5.26 Å². The fraction of sp³-hybridized carbons (Fsp3) is 0.125. The van der Waals surface area contributed by atoms with Gasteiger partial charge in [-0.2, -0.15) is 5.26 Å². The molecule has 138 valence electrons. The average molecular weight is 368 g/mol. The molecule has 0 aliphatic rings. The van der Waals surface area contributed by atoms with Gasteiger partial charge >= 0.3 is 0 Å². The number of nitrogens with one attached hydrogen (secondary N) is 1. The Balaban J connectivity index is 1.60. The fourth-order valence-electron chi connectivity index (χ4n) is 2.99. The van der Waals surface area contributed by atoms with E-state index in [0.717, 1.165) is 23.0 Å². The summed E-state index contributed by atoms with van der Waals surface area (Å²) in [5.41, 5.74) is 4.18. The minimum atomic E-state index is -0.577. The van der Waals surface area contributed by atoms with E-state index in [4.69, 9.17) is 5.26 Å². The number of amides is 1. The molecule has 1 unspecified atom stereocenters. The summed E-state index contributed by atoms with van der Waals surface area (Å²) in [5, 5.41) is 11.7. The van der Waals surface area contributed by atoms with Crippen molar-refractivity contribution in [3.05, 3.63) is 95.6 Å². The van der Waals surface area contributed by atoms with Crippen molar-refractivity contribution < 1.29 is 9.59 Å². The van der Waals surface area contributed by atoms with Gasteiger partial charge in [0.1, 0.15) is 6.29 Å². The van der Waals surface area contributed by atoms with Crippen LogP contribution < -0.4 is 5.32 Å². The highest BCUT2D eigenvalue weighted by Crippen LogP contribution is 2.19. The van der Waals surface area contributed by atoms with Gasteiger partial charge in [0.15, 0.2) is 0 Å². The molecule has 1 amide bonds. The van der Waals surface area contributed by atoms with Crippen LogP contribution in [0.5, 0.6) is 0 Å². The Labute approximate surface area is 164 Å². The molecule has 1 atom stereocenters. The quantitative estimate of drug-likeness (QED) is 0.637. The van der Waals surface area contributed by atoms with Gasteiger partial charge in [-0.05, 0) is 53.8 Å². The van der Waals surface area contributed by atoms with Crippen LogP contribution in [0.2, 0.25) is 0 Å². The Hall–Kier alpha value is -3.71. The summed E-state index contributed by atoms with van der Waals surface area (Å²) in [6.07, 6.45) is 1.84. The summed E-state index contributed by atoms with van der Waals surface area (Å²) in [6.45, 7) is 0. The summed E-state index contributed by atoms with van der Waals surface area (Å²) in [7, 11) is 0. The molecule has 3 rings (SSSR count). The third kappa shape index (κ3) is 4.93. The van der Waals surface area contributed by atoms with Gasteiger partial charge in [-0.1, -0.05) is 54.6 Å². The molecule has 0 aromatic heterocycles. The van der Waals surface area contributed by atoms with Gasteiger partial charge < -0.3 is 10.1 Å². The highest BCUT2D eigenvalue weighted by atomic mass is 16.2. The lowest BCUT2D eigenvalue weighted by molar-refractivity contribution is -0.109. The molecule has 0 saturated carbocycles. The summed E-state index contributed by atoms with van der Waals surface area (Å²) < 4.78 is 0. The number of carbonyl (C=O) groups is 2. The number of nitriles is 1. The van der Waals surface area contributed by atoms with Gasteiger partial charge in [-0.25, -0.2) is 0 Å². The Morgan fingerprint density at radius 1 is 0.964 bits per heavy atom. The minimum absolute atomic E-state index is 0.275. The van der Waals surface area contributed by atoms with Crippen LogP contribution in [0.25, 0.3) is 11.1 Å². The average Bonchev–Trinajstić information content (AvgIpc) is 2.77. The van der Waals surface area contributed by atoms with Crippen LogP contribution >= 0.6 is 0 Å². The Kier molecular flexibility index (Phi) is 6.33. The van der Waals surface area contributed by atoms with Crippen LogP contribution in [0.1, 0.15) is 27.9 Å². The normalized spacial score (nSPS) is 11.2. The molecule has 3 aromatic rings. The van der Waals surface area contributed by atoms with Crippen molar-refractivity contribution >= 4 is 12.2 Å². The van der Waals surface area contributed by atoms with E-state index in [0.29, 0.717) is 24.0 Å². The van der Waals surface area contributed by atoms with E-state index in [1.54, 1.807) is 24.3 Å². The lowest BCUT2D eigenvalue weighted by Gasteiger charge is -2.13. The second-order valence-corrected chi connectivity index (χ2v) is 6.51. The third-order valence-corrected chi connectivity index (χ3v) is 4.54. The molecule has 0 fully saturated rings. The molecule has 0 aliphatic heterocycles. The summed E-state index contributed by atoms with van der Waals surface area (Å²) >= 11 is 0. The predicted molar refractivity (Wildman–Crippen MR) is 109 cm³/mol. The zero-order valence-electron chi connectivity index (χ0n) is 15.3. The number of hydrogen-bond donors (Lipinski definition) is 1. The zero-order valence-corrected chi connectivity index (χ0v) is 15.3. The number of hydrogen-bond acceptors (Lipinski definition) is 3. The molecule has 0 aliphatic carbocycles. The number of aldehydes is 1. The summed E-state index contributed by atoms with van der Waals surface area (Å²) in [6, 6.07) is 26.0. The first-order chi connectivity index (χ1) is 13.7. The van der Waals surface area contributed by atoms with E-state index in [1.165, 1.54) is 0 Å². The largest absolute Gasteiger partial charge is 0.343 e. The SMILES string of the molecule is N#Cc1cccc(CCC(C=O)NC(=O)c2ccc(-c3ccccc3)cc2)c1. The van der Waals surface area contributed by atoms with Crippen LogP contribution in [0.3, 0.4) is 0 Å². The van der Waals surface area contributed by atoms with Gasteiger partial charge in [0.2, 0.25) is 0 Å². The second kappa shape index (κ2) is 9.29. The number of aryl methyl sites for hydroxylation is 1. The predicted octanol–water partition coefficient (Wildman–Crippen LogP) is 4.16. The zero-order chi connectivity index (χ0) is 19.8. The molecule has 3 aromatic carbocycles.